The fourth-order valence-electron chi connectivity index (χ4n) is 3.47. The van der Waals surface area contributed by atoms with Gasteiger partial charge in [0.25, 0.3) is 5.92 Å². The van der Waals surface area contributed by atoms with E-state index in [1.165, 1.54) is 23.8 Å². The molecule has 6 heteroatoms. The molecule has 1 saturated carbocycles. The van der Waals surface area contributed by atoms with Gasteiger partial charge in [0.1, 0.15) is 5.41 Å². The minimum Gasteiger partial charge on any atom is -0.468 e. The maximum Gasteiger partial charge on any atom is 0.315 e. The van der Waals surface area contributed by atoms with Crippen LogP contribution in [0.4, 0.5) is 8.78 Å². The number of rotatable bonds is 3. The highest BCUT2D eigenvalue weighted by Gasteiger charge is 2.80. The molecule has 1 aliphatic rings. The Kier molecular flexibility index (Phi) is 3.27. The minimum atomic E-state index is -2.96. The van der Waals surface area contributed by atoms with Crippen LogP contribution >= 0.6 is 0 Å². The van der Waals surface area contributed by atoms with Crippen molar-refractivity contribution in [3.05, 3.63) is 0 Å². The number of ether oxygens (including phenoxy) is 1. The van der Waals surface area contributed by atoms with E-state index >= 15 is 0 Å². The fourth-order valence-corrected chi connectivity index (χ4v) is 3.47. The summed E-state index contributed by atoms with van der Waals surface area (Å²) in [6, 6.07) is 0. The van der Waals surface area contributed by atoms with Crippen molar-refractivity contribution in [3.8, 4) is 0 Å². The molecule has 0 N–H and O–H groups in total. The van der Waals surface area contributed by atoms with Crippen LogP contribution in [0.3, 0.4) is 0 Å². The molecule has 4 nitrogen and oxygen atoms in total. The smallest absolute Gasteiger partial charge is 0.315 e. The molecule has 0 aromatic carbocycles. The lowest BCUT2D eigenvalue weighted by atomic mass is 9.56. The molecule has 0 aliphatic heterocycles. The van der Waals surface area contributed by atoms with E-state index in [2.05, 4.69) is 4.74 Å². The number of methoxy groups -OCH3 is 1. The third kappa shape index (κ3) is 1.43. The Balaban J connectivity index is 3.34. The van der Waals surface area contributed by atoms with Gasteiger partial charge in [0.05, 0.1) is 7.11 Å². The number of alkyl halides is 2. The maximum atomic E-state index is 14.1. The molecule has 17 heavy (non-hydrogen) atoms. The minimum absolute atomic E-state index is 0.497. The number of hydrogen-bond donors (Lipinski definition) is 0. The highest BCUT2D eigenvalue weighted by molar-refractivity contribution is 5.80. The normalized spacial score (nSPS) is 30.2. The zero-order chi connectivity index (χ0) is 13.6. The standard InChI is InChI=1S/C11H20F2N2O2/c1-9(8(16)17-6)7-10(12,13)11(9,14(2)3)15(4)5/h7H2,1-6H3. The van der Waals surface area contributed by atoms with E-state index in [1.807, 2.05) is 0 Å². The highest BCUT2D eigenvalue weighted by atomic mass is 19.3. The van der Waals surface area contributed by atoms with E-state index < -0.39 is 29.4 Å². The quantitative estimate of drug-likeness (QED) is 0.553. The molecule has 0 radical (unpaired) electrons. The Morgan fingerprint density at radius 2 is 1.59 bits per heavy atom. The fraction of sp³-hybridized carbons (Fsp3) is 0.909. The van der Waals surface area contributed by atoms with Crippen molar-refractivity contribution in [3.63, 3.8) is 0 Å². The van der Waals surface area contributed by atoms with Gasteiger partial charge in [0, 0.05) is 6.42 Å². The second-order valence-electron chi connectivity index (χ2n) is 5.17. The van der Waals surface area contributed by atoms with Crippen LogP contribution in [0, 0.1) is 5.41 Å². The Hall–Kier alpha value is -0.750. The molecule has 0 spiro atoms. The van der Waals surface area contributed by atoms with Gasteiger partial charge in [-0.2, -0.15) is 0 Å². The summed E-state index contributed by atoms with van der Waals surface area (Å²) >= 11 is 0. The van der Waals surface area contributed by atoms with Crippen LogP contribution in [0.1, 0.15) is 13.3 Å². The SMILES string of the molecule is COC(=O)C1(C)CC(F)(F)C1(N(C)C)N(C)C. The zero-order valence-corrected chi connectivity index (χ0v) is 11.2. The third-order valence-electron chi connectivity index (χ3n) is 3.79. The molecular weight excluding hydrogens is 230 g/mol. The predicted molar refractivity (Wildman–Crippen MR) is 59.8 cm³/mol. The first-order valence-corrected chi connectivity index (χ1v) is 5.39. The second-order valence-corrected chi connectivity index (χ2v) is 5.17. The van der Waals surface area contributed by atoms with Gasteiger partial charge in [-0.25, -0.2) is 8.78 Å². The lowest BCUT2D eigenvalue weighted by Gasteiger charge is -2.65. The van der Waals surface area contributed by atoms with Crippen LogP contribution in [0.15, 0.2) is 0 Å². The van der Waals surface area contributed by atoms with E-state index in [9.17, 15) is 13.6 Å². The van der Waals surface area contributed by atoms with Crippen LogP contribution in [0.25, 0.3) is 0 Å². The summed E-state index contributed by atoms with van der Waals surface area (Å²) in [4.78, 5) is 14.6. The molecule has 1 unspecified atom stereocenters. The topological polar surface area (TPSA) is 32.8 Å². The van der Waals surface area contributed by atoms with Gasteiger partial charge in [0.2, 0.25) is 0 Å². The Morgan fingerprint density at radius 1 is 1.18 bits per heavy atom. The molecule has 1 fully saturated rings. The summed E-state index contributed by atoms with van der Waals surface area (Å²) in [6.07, 6.45) is -0.497. The van der Waals surface area contributed by atoms with Crippen LogP contribution in [0.2, 0.25) is 0 Å². The first-order chi connectivity index (χ1) is 7.58. The predicted octanol–water partition coefficient (Wildman–Crippen LogP) is 1.02. The molecule has 0 heterocycles. The molecule has 0 bridgehead atoms. The number of esters is 1. The number of hydrogen-bond acceptors (Lipinski definition) is 4. The van der Waals surface area contributed by atoms with Crippen LogP contribution in [-0.2, 0) is 9.53 Å². The van der Waals surface area contributed by atoms with Crippen molar-refractivity contribution in [2.75, 3.05) is 35.3 Å². The number of carbonyl (C=O) groups excluding carboxylic acids is 1. The van der Waals surface area contributed by atoms with Gasteiger partial charge in [-0.05, 0) is 35.1 Å². The Labute approximate surface area is 101 Å². The molecule has 0 saturated heterocycles. The summed E-state index contributed by atoms with van der Waals surface area (Å²) in [5, 5.41) is 0. The van der Waals surface area contributed by atoms with Crippen molar-refractivity contribution >= 4 is 5.97 Å². The lowest BCUT2D eigenvalue weighted by molar-refractivity contribution is -0.330. The number of halogens is 2. The highest BCUT2D eigenvalue weighted by Crippen LogP contribution is 2.63. The van der Waals surface area contributed by atoms with Crippen molar-refractivity contribution in [1.29, 1.82) is 0 Å². The lowest BCUT2D eigenvalue weighted by Crippen LogP contribution is -2.84. The number of carbonyl (C=O) groups is 1. The van der Waals surface area contributed by atoms with Gasteiger partial charge in [-0.3, -0.25) is 14.6 Å². The van der Waals surface area contributed by atoms with Gasteiger partial charge in [-0.1, -0.05) is 0 Å². The number of nitrogens with zero attached hydrogens (tertiary/aromatic N) is 2. The molecule has 0 amide bonds. The van der Waals surface area contributed by atoms with Crippen molar-refractivity contribution in [1.82, 2.24) is 9.80 Å². The van der Waals surface area contributed by atoms with Crippen molar-refractivity contribution in [2.24, 2.45) is 5.41 Å². The van der Waals surface area contributed by atoms with Crippen LogP contribution in [-0.4, -0.2) is 62.7 Å². The summed E-state index contributed by atoms with van der Waals surface area (Å²) in [7, 11) is 7.42. The molecule has 100 valence electrons. The Morgan fingerprint density at radius 3 is 1.82 bits per heavy atom. The summed E-state index contributed by atoms with van der Waals surface area (Å²) in [5.74, 6) is -3.56. The Bertz CT molecular complexity index is 323. The van der Waals surface area contributed by atoms with E-state index in [-0.39, 0.29) is 0 Å². The van der Waals surface area contributed by atoms with Gasteiger partial charge in [0.15, 0.2) is 5.66 Å². The molecule has 1 aliphatic carbocycles. The maximum absolute atomic E-state index is 14.1. The molecule has 0 aromatic heterocycles. The van der Waals surface area contributed by atoms with Crippen LogP contribution in [0.5, 0.6) is 0 Å². The van der Waals surface area contributed by atoms with E-state index in [0.29, 0.717) is 0 Å². The van der Waals surface area contributed by atoms with Crippen molar-refractivity contribution in [2.45, 2.75) is 24.9 Å². The van der Waals surface area contributed by atoms with Crippen LogP contribution < -0.4 is 0 Å². The molecule has 1 rings (SSSR count). The monoisotopic (exact) mass is 250 g/mol. The van der Waals surface area contributed by atoms with E-state index in [0.717, 1.165) is 0 Å². The largest absolute Gasteiger partial charge is 0.468 e. The van der Waals surface area contributed by atoms with Gasteiger partial charge in [-0.15, -0.1) is 0 Å². The van der Waals surface area contributed by atoms with E-state index in [4.69, 9.17) is 0 Å². The first kappa shape index (κ1) is 14.3. The molecular formula is C11H20F2N2O2. The summed E-state index contributed by atoms with van der Waals surface area (Å²) in [6.45, 7) is 1.52. The third-order valence-corrected chi connectivity index (χ3v) is 3.79. The second kappa shape index (κ2) is 3.88. The van der Waals surface area contributed by atoms with Gasteiger partial charge < -0.3 is 4.74 Å². The van der Waals surface area contributed by atoms with Gasteiger partial charge >= 0.3 is 5.97 Å². The zero-order valence-electron chi connectivity index (χ0n) is 11.2. The van der Waals surface area contributed by atoms with Crippen molar-refractivity contribution < 1.29 is 18.3 Å². The average molecular weight is 250 g/mol. The summed E-state index contributed by atoms with van der Waals surface area (Å²) < 4.78 is 32.8. The average Bonchev–Trinajstić information content (AvgIpc) is 2.13. The molecule has 1 atom stereocenters. The first-order valence-electron chi connectivity index (χ1n) is 5.39. The molecule has 0 aromatic rings. The summed E-state index contributed by atoms with van der Waals surface area (Å²) in [5.41, 5.74) is -2.88. The van der Waals surface area contributed by atoms with E-state index in [1.54, 1.807) is 28.2 Å².